The topological polar surface area (TPSA) is 206 Å². The predicted molar refractivity (Wildman–Crippen MR) is 152 cm³/mol. The van der Waals surface area contributed by atoms with Crippen molar-refractivity contribution in [1.82, 2.24) is 0 Å². The first-order valence-corrected chi connectivity index (χ1v) is 13.2. The maximum atomic E-state index is 12.3. The normalized spacial score (nSPS) is 21.8. The standard InChI is InChI=1S/C31H28O13/c1-40-23-10-16(5-8-20(23)34)30-24(13-19-21(35)11-18(33)12-22(19)42-30)43-31-29(39)28(38)27(37)25(44-31)14-41-26(36)9-4-15-2-6-17(32)7-3-15/h2-13,25,27-29,31-32,34-35,37-39H,14H2,1H3/t25-,27-,28+,29-,31-/m1/s1. The summed E-state index contributed by atoms with van der Waals surface area (Å²) in [6, 6.07) is 13.7. The Morgan fingerprint density at radius 3 is 2.36 bits per heavy atom. The summed E-state index contributed by atoms with van der Waals surface area (Å²) in [7, 11) is 1.34. The Balaban J connectivity index is 1.41. The first kappa shape index (κ1) is 30.4. The lowest BCUT2D eigenvalue weighted by atomic mass is 9.99. The molecule has 13 nitrogen and oxygen atoms in total. The van der Waals surface area contributed by atoms with Crippen molar-refractivity contribution in [3.05, 3.63) is 82.5 Å². The lowest BCUT2D eigenvalue weighted by Gasteiger charge is -2.40. The number of hydrogen-bond acceptors (Lipinski definition) is 13. The van der Waals surface area contributed by atoms with Crippen LogP contribution in [0.2, 0.25) is 0 Å². The molecule has 1 fully saturated rings. The fourth-order valence-corrected chi connectivity index (χ4v) is 4.52. The molecular weight excluding hydrogens is 580 g/mol. The van der Waals surface area contributed by atoms with Crippen molar-refractivity contribution >= 4 is 12.0 Å². The molecule has 0 unspecified atom stereocenters. The molecule has 0 radical (unpaired) electrons. The van der Waals surface area contributed by atoms with E-state index in [4.69, 9.17) is 23.4 Å². The van der Waals surface area contributed by atoms with Gasteiger partial charge in [-0.05, 0) is 48.0 Å². The molecule has 0 aromatic heterocycles. The second-order valence-electron chi connectivity index (χ2n) is 9.87. The Hall–Kier alpha value is -5.08. The Morgan fingerprint density at radius 2 is 1.64 bits per heavy atom. The molecule has 2 aliphatic heterocycles. The van der Waals surface area contributed by atoms with E-state index in [1.807, 2.05) is 0 Å². The van der Waals surface area contributed by atoms with Gasteiger partial charge < -0.3 is 54.0 Å². The van der Waals surface area contributed by atoms with Crippen LogP contribution in [0.25, 0.3) is 28.7 Å². The van der Waals surface area contributed by atoms with Crippen LogP contribution in [0.4, 0.5) is 0 Å². The quantitative estimate of drug-likeness (QED) is 0.125. The van der Waals surface area contributed by atoms with Crippen LogP contribution in [0, 0.1) is 0 Å². The first-order chi connectivity index (χ1) is 21.0. The van der Waals surface area contributed by atoms with E-state index in [9.17, 15) is 40.2 Å². The number of phenols is 3. The largest absolute Gasteiger partial charge is 0.508 e. The van der Waals surface area contributed by atoms with Crippen molar-refractivity contribution in [2.75, 3.05) is 13.7 Å². The Morgan fingerprint density at radius 1 is 0.886 bits per heavy atom. The summed E-state index contributed by atoms with van der Waals surface area (Å²) in [5.74, 6) is -1.39. The van der Waals surface area contributed by atoms with Crippen LogP contribution < -0.4 is 14.9 Å². The smallest absolute Gasteiger partial charge is 0.330 e. The zero-order valence-electron chi connectivity index (χ0n) is 23.1. The summed E-state index contributed by atoms with van der Waals surface area (Å²) in [5.41, 5.74) is 0.455. The predicted octanol–water partition coefficient (Wildman–Crippen LogP) is 1.98. The fourth-order valence-electron chi connectivity index (χ4n) is 4.52. The molecule has 0 spiro atoms. The first-order valence-electron chi connectivity index (χ1n) is 13.2. The van der Waals surface area contributed by atoms with Gasteiger partial charge in [0.2, 0.25) is 6.29 Å². The number of esters is 1. The Labute approximate surface area is 249 Å². The van der Waals surface area contributed by atoms with E-state index in [1.54, 1.807) is 12.1 Å². The second-order valence-corrected chi connectivity index (χ2v) is 9.87. The van der Waals surface area contributed by atoms with Crippen molar-refractivity contribution in [2.45, 2.75) is 30.7 Å². The third kappa shape index (κ3) is 6.45. The third-order valence-corrected chi connectivity index (χ3v) is 6.85. The molecule has 13 heteroatoms. The number of phenolic OH excluding ortho intramolecular Hbond substituents is 3. The summed E-state index contributed by atoms with van der Waals surface area (Å²) < 4.78 is 27.9. The lowest BCUT2D eigenvalue weighted by Crippen LogP contribution is -2.60. The molecule has 1 saturated heterocycles. The van der Waals surface area contributed by atoms with E-state index in [0.717, 1.165) is 18.2 Å². The van der Waals surface area contributed by atoms with Gasteiger partial charge in [-0.1, -0.05) is 12.1 Å². The molecule has 5 rings (SSSR count). The number of fused-ring (bicyclic) bond motifs is 1. The highest BCUT2D eigenvalue weighted by atomic mass is 16.7. The monoisotopic (exact) mass is 608 g/mol. The van der Waals surface area contributed by atoms with Crippen LogP contribution in [-0.2, 0) is 14.3 Å². The van der Waals surface area contributed by atoms with Gasteiger partial charge in [0.05, 0.1) is 12.7 Å². The number of carbonyl (C=O) groups excluding carboxylic acids is 1. The average Bonchev–Trinajstić information content (AvgIpc) is 3.00. The van der Waals surface area contributed by atoms with E-state index >= 15 is 0 Å². The number of aliphatic hydroxyl groups is 3. The molecule has 1 aliphatic carbocycles. The molecule has 44 heavy (non-hydrogen) atoms. The van der Waals surface area contributed by atoms with Crippen LogP contribution >= 0.6 is 0 Å². The Bertz CT molecular complexity index is 1690. The minimum atomic E-state index is -1.79. The van der Waals surface area contributed by atoms with Gasteiger partial charge in [0, 0.05) is 23.8 Å². The maximum absolute atomic E-state index is 12.3. The molecule has 2 heterocycles. The van der Waals surface area contributed by atoms with Crippen molar-refractivity contribution in [3.8, 4) is 51.4 Å². The number of aromatic hydroxyl groups is 3. The number of hydrogen-bond donors (Lipinski definition) is 6. The maximum Gasteiger partial charge on any atom is 0.330 e. The molecule has 230 valence electrons. The molecule has 0 saturated carbocycles. The number of carbonyl (C=O) groups is 1. The van der Waals surface area contributed by atoms with Crippen molar-refractivity contribution in [3.63, 3.8) is 0 Å². The van der Waals surface area contributed by atoms with Gasteiger partial charge >= 0.3 is 5.97 Å². The molecule has 5 atom stereocenters. The summed E-state index contributed by atoms with van der Waals surface area (Å²) in [4.78, 5) is 24.3. The van der Waals surface area contributed by atoms with Gasteiger partial charge in [0.15, 0.2) is 28.4 Å². The molecule has 2 aromatic rings. The van der Waals surface area contributed by atoms with Crippen LogP contribution in [0.3, 0.4) is 0 Å². The van der Waals surface area contributed by atoms with Gasteiger partial charge in [-0.2, -0.15) is 0 Å². The van der Waals surface area contributed by atoms with E-state index in [0.29, 0.717) is 11.1 Å². The molecule has 6 N–H and O–H groups in total. The minimum Gasteiger partial charge on any atom is -0.508 e. The molecule has 0 bridgehead atoms. The van der Waals surface area contributed by atoms with Gasteiger partial charge in [-0.3, -0.25) is 4.79 Å². The fraction of sp³-hybridized carbons (Fsp3) is 0.226. The molecule has 0 amide bonds. The highest BCUT2D eigenvalue weighted by molar-refractivity contribution is 5.87. The minimum absolute atomic E-state index is 0.00453. The third-order valence-electron chi connectivity index (χ3n) is 6.85. The van der Waals surface area contributed by atoms with Crippen LogP contribution in [0.1, 0.15) is 5.56 Å². The van der Waals surface area contributed by atoms with Crippen molar-refractivity contribution < 1.29 is 58.8 Å². The zero-order chi connectivity index (χ0) is 31.5. The summed E-state index contributed by atoms with van der Waals surface area (Å²) in [6.07, 6.45) is -5.65. The number of methoxy groups -OCH3 is 1. The zero-order valence-corrected chi connectivity index (χ0v) is 23.1. The van der Waals surface area contributed by atoms with E-state index < -0.39 is 54.5 Å². The summed E-state index contributed by atoms with van der Waals surface area (Å²) >= 11 is 0. The van der Waals surface area contributed by atoms with Crippen LogP contribution in [0.15, 0.2) is 76.0 Å². The van der Waals surface area contributed by atoms with Gasteiger partial charge in [-0.15, -0.1) is 0 Å². The molecule has 2 aromatic carbocycles. The highest BCUT2D eigenvalue weighted by Gasteiger charge is 2.46. The second kappa shape index (κ2) is 12.7. The van der Waals surface area contributed by atoms with Crippen molar-refractivity contribution in [2.24, 2.45) is 0 Å². The van der Waals surface area contributed by atoms with Gasteiger partial charge in [0.25, 0.3) is 0 Å². The summed E-state index contributed by atoms with van der Waals surface area (Å²) in [6.45, 7) is -0.527. The summed E-state index contributed by atoms with van der Waals surface area (Å²) in [5, 5.41) is 61.6. The number of benzene rings is 3. The highest BCUT2D eigenvalue weighted by Crippen LogP contribution is 2.43. The average molecular weight is 609 g/mol. The van der Waals surface area contributed by atoms with Gasteiger partial charge in [-0.25, -0.2) is 4.79 Å². The SMILES string of the molecule is COc1cc(-c2oc3cc(=O)cc(O)c-3cc2O[C@@H]2O[C@H](COC(=O)C=Cc3ccc(O)cc3)[C@@H](O)[C@H](O)[C@H]2O)ccc1O. The number of rotatable bonds is 8. The van der Waals surface area contributed by atoms with E-state index in [2.05, 4.69) is 0 Å². The van der Waals surface area contributed by atoms with Gasteiger partial charge in [0.1, 0.15) is 48.3 Å². The molecular formula is C31H28O13. The number of aliphatic hydroxyl groups excluding tert-OH is 3. The Kier molecular flexibility index (Phi) is 8.73. The van der Waals surface area contributed by atoms with E-state index in [1.165, 1.54) is 49.6 Å². The van der Waals surface area contributed by atoms with Crippen LogP contribution in [0.5, 0.6) is 28.7 Å². The van der Waals surface area contributed by atoms with Crippen LogP contribution in [-0.4, -0.2) is 81.0 Å². The number of ether oxygens (including phenoxy) is 4. The van der Waals surface area contributed by atoms with Crippen molar-refractivity contribution in [1.29, 1.82) is 0 Å². The molecule has 3 aliphatic rings. The lowest BCUT2D eigenvalue weighted by molar-refractivity contribution is -0.278. The van der Waals surface area contributed by atoms with E-state index in [-0.39, 0.29) is 40.1 Å².